The first kappa shape index (κ1) is 15.9. The van der Waals surface area contributed by atoms with E-state index in [0.717, 1.165) is 17.2 Å². The molecule has 0 bridgehead atoms. The molecule has 128 valence electrons. The molecule has 0 aliphatic heterocycles. The van der Waals surface area contributed by atoms with Gasteiger partial charge in [0.15, 0.2) is 0 Å². The number of aromatic nitrogens is 3. The Hall–Kier alpha value is -2.64. The molecule has 1 aromatic carbocycles. The molecule has 0 amide bonds. The summed E-state index contributed by atoms with van der Waals surface area (Å²) in [5.41, 5.74) is 1.19. The van der Waals surface area contributed by atoms with Crippen molar-refractivity contribution in [2.24, 2.45) is 0 Å². The van der Waals surface area contributed by atoms with Gasteiger partial charge < -0.3 is 9.52 Å². The molecule has 1 N–H and O–H groups in total. The lowest BCUT2D eigenvalue weighted by Crippen LogP contribution is -2.24. The molecule has 0 fully saturated rings. The largest absolute Gasteiger partial charge is 0.492 e. The molecule has 25 heavy (non-hydrogen) atoms. The van der Waals surface area contributed by atoms with Gasteiger partial charge in [0.2, 0.25) is 10.8 Å². The summed E-state index contributed by atoms with van der Waals surface area (Å²) in [6.45, 7) is 2.53. The maximum atomic E-state index is 10.7. The summed E-state index contributed by atoms with van der Waals surface area (Å²) in [5.74, 6) is 1.53. The SMILES string of the molecule is Cc1nc2sc(C(c3ccco3)N(C)Cc3ccccc3)c(O)n2n1. The Morgan fingerprint density at radius 1 is 1.24 bits per heavy atom. The number of aryl methyl sites for hydroxylation is 1. The van der Waals surface area contributed by atoms with E-state index in [1.165, 1.54) is 21.4 Å². The second-order valence-electron chi connectivity index (χ2n) is 5.96. The van der Waals surface area contributed by atoms with Crippen molar-refractivity contribution in [3.05, 3.63) is 70.8 Å². The third-order valence-electron chi connectivity index (χ3n) is 4.08. The second kappa shape index (κ2) is 6.34. The third kappa shape index (κ3) is 2.92. The quantitative estimate of drug-likeness (QED) is 0.593. The predicted molar refractivity (Wildman–Crippen MR) is 95.7 cm³/mol. The average Bonchev–Trinajstić information content (AvgIpc) is 3.29. The van der Waals surface area contributed by atoms with Crippen LogP contribution >= 0.6 is 11.3 Å². The van der Waals surface area contributed by atoms with Crippen molar-refractivity contribution in [3.63, 3.8) is 0 Å². The van der Waals surface area contributed by atoms with Gasteiger partial charge in [0.1, 0.15) is 17.6 Å². The van der Waals surface area contributed by atoms with Crippen LogP contribution in [0.25, 0.3) is 4.96 Å². The van der Waals surface area contributed by atoms with Gasteiger partial charge in [-0.05, 0) is 31.7 Å². The Balaban J connectivity index is 1.75. The van der Waals surface area contributed by atoms with Crippen LogP contribution in [0, 0.1) is 6.92 Å². The van der Waals surface area contributed by atoms with E-state index >= 15 is 0 Å². The fourth-order valence-corrected chi connectivity index (χ4v) is 4.16. The van der Waals surface area contributed by atoms with E-state index in [1.807, 2.05) is 44.3 Å². The highest BCUT2D eigenvalue weighted by atomic mass is 32.1. The lowest BCUT2D eigenvalue weighted by atomic mass is 10.1. The van der Waals surface area contributed by atoms with Crippen molar-refractivity contribution < 1.29 is 9.52 Å². The first-order valence-corrected chi connectivity index (χ1v) is 8.77. The lowest BCUT2D eigenvalue weighted by Gasteiger charge is -2.25. The molecule has 1 unspecified atom stereocenters. The summed E-state index contributed by atoms with van der Waals surface area (Å²) in [6, 6.07) is 13.8. The minimum atomic E-state index is -0.219. The molecule has 4 rings (SSSR count). The maximum Gasteiger partial charge on any atom is 0.230 e. The topological polar surface area (TPSA) is 66.8 Å². The normalized spacial score (nSPS) is 12.9. The Labute approximate surface area is 149 Å². The average molecular weight is 354 g/mol. The van der Waals surface area contributed by atoms with Crippen molar-refractivity contribution >= 4 is 16.3 Å². The van der Waals surface area contributed by atoms with Gasteiger partial charge in [0, 0.05) is 6.54 Å². The first-order valence-electron chi connectivity index (χ1n) is 7.96. The van der Waals surface area contributed by atoms with Crippen LogP contribution in [0.4, 0.5) is 0 Å². The molecular weight excluding hydrogens is 336 g/mol. The number of hydrogen-bond donors (Lipinski definition) is 1. The van der Waals surface area contributed by atoms with Gasteiger partial charge in [-0.3, -0.25) is 4.90 Å². The van der Waals surface area contributed by atoms with Gasteiger partial charge in [0.25, 0.3) is 0 Å². The number of nitrogens with zero attached hydrogens (tertiary/aromatic N) is 4. The zero-order valence-electron chi connectivity index (χ0n) is 14.0. The predicted octanol–water partition coefficient (Wildman–Crippen LogP) is 3.62. The molecule has 3 aromatic heterocycles. The number of thiazole rings is 1. The van der Waals surface area contributed by atoms with Gasteiger partial charge in [-0.1, -0.05) is 41.7 Å². The van der Waals surface area contributed by atoms with Crippen LogP contribution in [0.2, 0.25) is 0 Å². The van der Waals surface area contributed by atoms with Gasteiger partial charge in [-0.25, -0.2) is 4.98 Å². The zero-order valence-corrected chi connectivity index (χ0v) is 14.8. The molecule has 7 heteroatoms. The smallest absolute Gasteiger partial charge is 0.230 e. The molecule has 4 aromatic rings. The monoisotopic (exact) mass is 354 g/mol. The number of furan rings is 1. The standard InChI is InChI=1S/C18H18N4O2S/c1-12-19-18-22(20-12)17(23)16(25-18)15(14-9-6-10-24-14)21(2)11-13-7-4-3-5-8-13/h3-10,15,23H,11H2,1-2H3. The minimum absolute atomic E-state index is 0.113. The van der Waals surface area contributed by atoms with E-state index in [4.69, 9.17) is 4.42 Å². The first-order chi connectivity index (χ1) is 12.1. The Bertz CT molecular complexity index is 976. The summed E-state index contributed by atoms with van der Waals surface area (Å²) < 4.78 is 7.15. The highest BCUT2D eigenvalue weighted by Crippen LogP contribution is 2.39. The van der Waals surface area contributed by atoms with Crippen molar-refractivity contribution in [3.8, 4) is 5.88 Å². The molecule has 0 saturated heterocycles. The number of benzene rings is 1. The van der Waals surface area contributed by atoms with Gasteiger partial charge in [-0.2, -0.15) is 4.52 Å². The summed E-state index contributed by atoms with van der Waals surface area (Å²) in [6.07, 6.45) is 1.65. The van der Waals surface area contributed by atoms with Crippen molar-refractivity contribution in [2.75, 3.05) is 7.05 Å². The van der Waals surface area contributed by atoms with Crippen LogP contribution in [-0.2, 0) is 6.54 Å². The highest BCUT2D eigenvalue weighted by molar-refractivity contribution is 7.17. The van der Waals surface area contributed by atoms with Crippen LogP contribution in [0.5, 0.6) is 5.88 Å². The molecule has 0 aliphatic carbocycles. The Kier molecular flexibility index (Phi) is 4.03. The molecule has 3 heterocycles. The lowest BCUT2D eigenvalue weighted by molar-refractivity contribution is 0.238. The van der Waals surface area contributed by atoms with Gasteiger partial charge in [0.05, 0.1) is 11.1 Å². The number of fused-ring (bicyclic) bond motifs is 1. The molecule has 0 radical (unpaired) electrons. The Morgan fingerprint density at radius 3 is 2.72 bits per heavy atom. The fourth-order valence-electron chi connectivity index (χ4n) is 2.98. The van der Waals surface area contributed by atoms with E-state index in [9.17, 15) is 5.11 Å². The minimum Gasteiger partial charge on any atom is -0.492 e. The van der Waals surface area contributed by atoms with E-state index in [0.29, 0.717) is 10.8 Å². The maximum absolute atomic E-state index is 10.7. The van der Waals surface area contributed by atoms with E-state index in [2.05, 4.69) is 27.1 Å². The van der Waals surface area contributed by atoms with Crippen molar-refractivity contribution in [1.82, 2.24) is 19.5 Å². The molecule has 0 saturated carbocycles. The van der Waals surface area contributed by atoms with E-state index in [1.54, 1.807) is 6.26 Å². The summed E-state index contributed by atoms with van der Waals surface area (Å²) >= 11 is 1.43. The number of hydrogen-bond acceptors (Lipinski definition) is 6. The van der Waals surface area contributed by atoms with Crippen LogP contribution in [0.1, 0.15) is 28.1 Å². The van der Waals surface area contributed by atoms with Crippen molar-refractivity contribution in [2.45, 2.75) is 19.5 Å². The molecule has 6 nitrogen and oxygen atoms in total. The van der Waals surface area contributed by atoms with Crippen LogP contribution in [-0.4, -0.2) is 31.7 Å². The fraction of sp³-hybridized carbons (Fsp3) is 0.222. The molecule has 0 aliphatic rings. The van der Waals surface area contributed by atoms with E-state index in [-0.39, 0.29) is 11.9 Å². The van der Waals surface area contributed by atoms with Gasteiger partial charge in [-0.15, -0.1) is 5.10 Å². The second-order valence-corrected chi connectivity index (χ2v) is 6.97. The number of aromatic hydroxyl groups is 1. The highest BCUT2D eigenvalue weighted by Gasteiger charge is 2.29. The Morgan fingerprint density at radius 2 is 2.04 bits per heavy atom. The number of rotatable bonds is 5. The molecule has 1 atom stereocenters. The van der Waals surface area contributed by atoms with Crippen LogP contribution < -0.4 is 0 Å². The summed E-state index contributed by atoms with van der Waals surface area (Å²) in [7, 11) is 2.01. The summed E-state index contributed by atoms with van der Waals surface area (Å²) in [4.78, 5) is 7.95. The van der Waals surface area contributed by atoms with Crippen molar-refractivity contribution in [1.29, 1.82) is 0 Å². The third-order valence-corrected chi connectivity index (χ3v) is 5.15. The molecule has 0 spiro atoms. The van der Waals surface area contributed by atoms with Crippen LogP contribution in [0.15, 0.2) is 53.1 Å². The summed E-state index contributed by atoms with van der Waals surface area (Å²) in [5, 5.41) is 14.9. The zero-order chi connectivity index (χ0) is 17.4. The molecular formula is C18H18N4O2S. The van der Waals surface area contributed by atoms with Crippen LogP contribution in [0.3, 0.4) is 0 Å². The van der Waals surface area contributed by atoms with Gasteiger partial charge >= 0.3 is 0 Å². The van der Waals surface area contributed by atoms with E-state index < -0.39 is 0 Å².